The van der Waals surface area contributed by atoms with Crippen LogP contribution in [0.2, 0.25) is 10.0 Å². The Morgan fingerprint density at radius 2 is 1.96 bits per heavy atom. The Hall–Kier alpha value is -4.48. The molecule has 3 aromatic heterocycles. The van der Waals surface area contributed by atoms with Crippen molar-refractivity contribution in [3.05, 3.63) is 52.6 Å². The zero-order valence-electron chi connectivity index (χ0n) is 26.1. The maximum atomic E-state index is 12.8. The predicted molar refractivity (Wildman–Crippen MR) is 182 cm³/mol. The van der Waals surface area contributed by atoms with Gasteiger partial charge in [-0.1, -0.05) is 58.6 Å². The molecule has 0 unspecified atom stereocenters. The van der Waals surface area contributed by atoms with Crippen LogP contribution in [0.3, 0.4) is 0 Å². The van der Waals surface area contributed by atoms with E-state index in [-0.39, 0.29) is 30.5 Å². The Bertz CT molecular complexity index is 2130. The fourth-order valence-corrected chi connectivity index (χ4v) is 7.71. The molecule has 7 rings (SSSR count). The molecule has 0 radical (unpaired) electrons. The van der Waals surface area contributed by atoms with Crippen LogP contribution in [-0.4, -0.2) is 79.5 Å². The first-order chi connectivity index (χ1) is 22.9. The number of amides is 1. The number of piperidine rings is 1. The number of halogens is 2. The molecule has 47 heavy (non-hydrogen) atoms. The molecule has 0 spiro atoms. The van der Waals surface area contributed by atoms with E-state index in [4.69, 9.17) is 32.9 Å². The summed E-state index contributed by atoms with van der Waals surface area (Å²) in [5.74, 6) is 5.39. The summed E-state index contributed by atoms with van der Waals surface area (Å²) >= 11 is 14.4. The number of nitrogens with zero attached hydrogens (tertiary/aromatic N) is 8. The summed E-state index contributed by atoms with van der Waals surface area (Å²) in [7, 11) is 2.10. The van der Waals surface area contributed by atoms with Gasteiger partial charge in [-0.3, -0.25) is 9.78 Å². The van der Waals surface area contributed by atoms with E-state index in [9.17, 15) is 10.1 Å². The van der Waals surface area contributed by atoms with Gasteiger partial charge in [-0.05, 0) is 64.3 Å². The Labute approximate surface area is 282 Å². The third-order valence-electron chi connectivity index (χ3n) is 9.40. The van der Waals surface area contributed by atoms with E-state index in [1.165, 1.54) is 0 Å². The van der Waals surface area contributed by atoms with Gasteiger partial charge in [0.2, 0.25) is 5.88 Å². The van der Waals surface area contributed by atoms with Gasteiger partial charge in [0, 0.05) is 46.7 Å². The van der Waals surface area contributed by atoms with Crippen molar-refractivity contribution in [1.29, 1.82) is 5.26 Å². The topological polar surface area (TPSA) is 113 Å². The lowest BCUT2D eigenvalue weighted by Gasteiger charge is -2.37. The lowest BCUT2D eigenvalue weighted by Crippen LogP contribution is -2.46. The zero-order valence-corrected chi connectivity index (χ0v) is 27.6. The standard InChI is InChI=1S/C35H32Cl2N8O2/c1-3-7-28(46)44-17-13-23(18-22(44)12-14-38)45-34-26-19-27(36)29(25-11-4-8-21-9-5-15-39-31(21)25)30(37)32(26)40-35(33(34)41-42-45)47-20-24-10-6-16-43(24)2/h4-5,8-9,11,15,19,22-24H,6,10,12-13,16-18,20H2,1-2H3/t22-,23+,24+/m1/s1. The Morgan fingerprint density at radius 1 is 1.11 bits per heavy atom. The molecule has 5 heterocycles. The largest absolute Gasteiger partial charge is 0.474 e. The van der Waals surface area contributed by atoms with Crippen LogP contribution in [0, 0.1) is 23.2 Å². The van der Waals surface area contributed by atoms with Crippen molar-refractivity contribution in [2.24, 2.45) is 0 Å². The molecule has 0 bridgehead atoms. The highest BCUT2D eigenvalue weighted by molar-refractivity contribution is 6.44. The molecular formula is C35H32Cl2N8O2. The first kappa shape index (κ1) is 31.1. The van der Waals surface area contributed by atoms with Crippen molar-refractivity contribution < 1.29 is 9.53 Å². The quantitative estimate of drug-likeness (QED) is 0.190. The third kappa shape index (κ3) is 5.61. The second-order valence-corrected chi connectivity index (χ2v) is 12.9. The molecule has 1 amide bonds. The number of carbonyl (C=O) groups excluding carboxylic acids is 1. The molecule has 0 N–H and O–H groups in total. The molecule has 5 aromatic rings. The molecule has 238 valence electrons. The number of benzene rings is 2. The summed E-state index contributed by atoms with van der Waals surface area (Å²) in [4.78, 5) is 26.4. The van der Waals surface area contributed by atoms with E-state index in [0.717, 1.165) is 35.9 Å². The number of likely N-dealkylation sites (tertiary alicyclic amines) is 2. The molecular weight excluding hydrogens is 635 g/mol. The fraction of sp³-hybridized carbons (Fsp3) is 0.371. The smallest absolute Gasteiger partial charge is 0.298 e. The van der Waals surface area contributed by atoms with Gasteiger partial charge in [0.05, 0.1) is 39.6 Å². The lowest BCUT2D eigenvalue weighted by atomic mass is 9.94. The van der Waals surface area contributed by atoms with Gasteiger partial charge < -0.3 is 14.5 Å². The minimum Gasteiger partial charge on any atom is -0.474 e. The van der Waals surface area contributed by atoms with Crippen molar-refractivity contribution in [2.75, 3.05) is 26.7 Å². The third-order valence-corrected chi connectivity index (χ3v) is 10.1. The molecule has 2 aliphatic heterocycles. The monoisotopic (exact) mass is 666 g/mol. The second-order valence-electron chi connectivity index (χ2n) is 12.1. The molecule has 0 aliphatic carbocycles. The number of pyridine rings is 2. The maximum absolute atomic E-state index is 12.8. The Morgan fingerprint density at radius 3 is 2.74 bits per heavy atom. The van der Waals surface area contributed by atoms with Gasteiger partial charge in [-0.15, -0.1) is 5.10 Å². The van der Waals surface area contributed by atoms with Crippen molar-refractivity contribution >= 4 is 61.9 Å². The van der Waals surface area contributed by atoms with Crippen LogP contribution in [0.4, 0.5) is 0 Å². The first-order valence-corrected chi connectivity index (χ1v) is 16.5. The predicted octanol–water partition coefficient (Wildman–Crippen LogP) is 6.44. The van der Waals surface area contributed by atoms with Gasteiger partial charge in [0.1, 0.15) is 12.1 Å². The Balaban J connectivity index is 1.39. The van der Waals surface area contributed by atoms with Crippen LogP contribution in [0.5, 0.6) is 5.88 Å². The van der Waals surface area contributed by atoms with Crippen LogP contribution in [-0.2, 0) is 4.79 Å². The molecule has 2 aliphatic rings. The van der Waals surface area contributed by atoms with Crippen molar-refractivity contribution in [2.45, 2.75) is 57.2 Å². The van der Waals surface area contributed by atoms with Crippen LogP contribution in [0.15, 0.2) is 42.6 Å². The number of likely N-dealkylation sites (N-methyl/N-ethyl adjacent to an activating group) is 1. The van der Waals surface area contributed by atoms with Crippen LogP contribution < -0.4 is 4.74 Å². The second kappa shape index (κ2) is 13.0. The summed E-state index contributed by atoms with van der Waals surface area (Å²) < 4.78 is 8.31. The average Bonchev–Trinajstić information content (AvgIpc) is 3.71. The highest BCUT2D eigenvalue weighted by Gasteiger charge is 2.34. The van der Waals surface area contributed by atoms with Gasteiger partial charge in [-0.25, -0.2) is 9.67 Å². The lowest BCUT2D eigenvalue weighted by molar-refractivity contribution is -0.129. The molecule has 2 saturated heterocycles. The SMILES string of the molecule is CC#CC(=O)N1CC[C@H](n2nnc3c(OC[C@@H]4CCCN4C)nc4c(Cl)c(-c5cccc6cccnc56)c(Cl)cc4c32)C[C@H]1CC#N. The van der Waals surface area contributed by atoms with Gasteiger partial charge in [-0.2, -0.15) is 5.26 Å². The van der Waals surface area contributed by atoms with Crippen LogP contribution in [0.25, 0.3) is 44.0 Å². The van der Waals surface area contributed by atoms with E-state index in [1.807, 2.05) is 41.1 Å². The number of para-hydroxylation sites is 1. The summed E-state index contributed by atoms with van der Waals surface area (Å²) in [6.45, 7) is 3.54. The van der Waals surface area contributed by atoms with E-state index < -0.39 is 0 Å². The van der Waals surface area contributed by atoms with Crippen molar-refractivity contribution in [1.82, 2.24) is 34.8 Å². The van der Waals surface area contributed by atoms with E-state index in [0.29, 0.717) is 69.4 Å². The van der Waals surface area contributed by atoms with Crippen molar-refractivity contribution in [3.63, 3.8) is 0 Å². The van der Waals surface area contributed by atoms with Gasteiger partial charge in [0.25, 0.3) is 5.91 Å². The number of ether oxygens (including phenoxy) is 1. The first-order valence-electron chi connectivity index (χ1n) is 15.7. The number of nitriles is 1. The van der Waals surface area contributed by atoms with E-state index in [1.54, 1.807) is 18.0 Å². The number of hydrogen-bond donors (Lipinski definition) is 0. The average molecular weight is 668 g/mol. The molecule has 2 aromatic carbocycles. The summed E-state index contributed by atoms with van der Waals surface area (Å²) in [6, 6.07) is 13.7. The minimum absolute atomic E-state index is 0.157. The van der Waals surface area contributed by atoms with Gasteiger partial charge >= 0.3 is 0 Å². The van der Waals surface area contributed by atoms with Crippen LogP contribution >= 0.6 is 23.2 Å². The number of hydrogen-bond acceptors (Lipinski definition) is 8. The molecule has 10 nitrogen and oxygen atoms in total. The zero-order chi connectivity index (χ0) is 32.7. The maximum Gasteiger partial charge on any atom is 0.298 e. The molecule has 3 atom stereocenters. The fourth-order valence-electron chi connectivity index (χ4n) is 7.01. The minimum atomic E-state index is -0.314. The number of carbonyl (C=O) groups is 1. The Kier molecular flexibility index (Phi) is 8.59. The van der Waals surface area contributed by atoms with Crippen molar-refractivity contribution in [3.8, 4) is 34.9 Å². The van der Waals surface area contributed by atoms with E-state index >= 15 is 0 Å². The normalized spacial score (nSPS) is 20.0. The highest BCUT2D eigenvalue weighted by atomic mass is 35.5. The summed E-state index contributed by atoms with van der Waals surface area (Å²) in [6.07, 6.45) is 5.20. The molecule has 2 fully saturated rings. The number of rotatable bonds is 6. The summed E-state index contributed by atoms with van der Waals surface area (Å²) in [5, 5.41) is 21.3. The number of aromatic nitrogens is 5. The number of fused-ring (bicyclic) bond motifs is 4. The molecule has 0 saturated carbocycles. The van der Waals surface area contributed by atoms with Gasteiger partial charge in [0.15, 0.2) is 5.52 Å². The summed E-state index contributed by atoms with van der Waals surface area (Å²) in [5.41, 5.74) is 3.95. The van der Waals surface area contributed by atoms with E-state index in [2.05, 4.69) is 45.2 Å². The van der Waals surface area contributed by atoms with Crippen LogP contribution in [0.1, 0.15) is 45.1 Å². The molecule has 12 heteroatoms. The highest BCUT2D eigenvalue weighted by Crippen LogP contribution is 2.45.